The van der Waals surface area contributed by atoms with Crippen LogP contribution in [0.4, 0.5) is 5.69 Å². The lowest BCUT2D eigenvalue weighted by molar-refractivity contribution is 0.0378. The molecule has 0 saturated carbocycles. The summed E-state index contributed by atoms with van der Waals surface area (Å²) in [5.74, 6) is -0.538. The number of esters is 1. The zero-order valence-corrected chi connectivity index (χ0v) is 13.2. The highest BCUT2D eigenvalue weighted by Gasteiger charge is 2.19. The fraction of sp³-hybridized carbons (Fsp3) is 0.308. The summed E-state index contributed by atoms with van der Waals surface area (Å²) in [6, 6.07) is 4.19. The molecule has 22 heavy (non-hydrogen) atoms. The van der Waals surface area contributed by atoms with E-state index in [1.807, 2.05) is 0 Å². The van der Waals surface area contributed by atoms with Gasteiger partial charge in [-0.2, -0.15) is 5.26 Å². The molecule has 0 heterocycles. The SMILES string of the molecule is CSC(=Nc1cc(C(=O)OC(C)C)ccc1B(O)O)NC#N. The summed E-state index contributed by atoms with van der Waals surface area (Å²) in [4.78, 5) is 16.0. The fourth-order valence-electron chi connectivity index (χ4n) is 1.55. The Morgan fingerprint density at radius 2 is 2.18 bits per heavy atom. The molecule has 9 heteroatoms. The van der Waals surface area contributed by atoms with E-state index >= 15 is 0 Å². The molecule has 0 aliphatic carbocycles. The van der Waals surface area contributed by atoms with E-state index in [0.29, 0.717) is 0 Å². The number of nitrogens with one attached hydrogen (secondary N) is 1. The lowest BCUT2D eigenvalue weighted by Gasteiger charge is -2.11. The summed E-state index contributed by atoms with van der Waals surface area (Å²) in [6.07, 6.45) is 3.16. The molecule has 0 radical (unpaired) electrons. The van der Waals surface area contributed by atoms with Crippen molar-refractivity contribution in [3.8, 4) is 6.19 Å². The predicted octanol–water partition coefficient (Wildman–Crippen LogP) is 0.353. The van der Waals surface area contributed by atoms with E-state index < -0.39 is 13.1 Å². The van der Waals surface area contributed by atoms with Crippen LogP contribution in [0.2, 0.25) is 0 Å². The van der Waals surface area contributed by atoms with Gasteiger partial charge >= 0.3 is 13.1 Å². The lowest BCUT2D eigenvalue weighted by Crippen LogP contribution is -2.31. The molecule has 0 unspecified atom stereocenters. The van der Waals surface area contributed by atoms with Crippen LogP contribution in [-0.4, -0.2) is 40.7 Å². The first-order chi connectivity index (χ1) is 10.4. The van der Waals surface area contributed by atoms with E-state index in [-0.39, 0.29) is 28.0 Å². The number of carbonyl (C=O) groups is 1. The summed E-state index contributed by atoms with van der Waals surface area (Å²) in [5.41, 5.74) is 0.516. The third-order valence-corrected chi connectivity index (χ3v) is 3.05. The molecule has 0 atom stereocenters. The van der Waals surface area contributed by atoms with Crippen LogP contribution in [-0.2, 0) is 4.74 Å². The van der Waals surface area contributed by atoms with Crippen LogP contribution in [0.1, 0.15) is 24.2 Å². The largest absolute Gasteiger partial charge is 0.490 e. The van der Waals surface area contributed by atoms with Crippen LogP contribution in [0.3, 0.4) is 0 Å². The van der Waals surface area contributed by atoms with E-state index in [0.717, 1.165) is 0 Å². The van der Waals surface area contributed by atoms with Crippen LogP contribution in [0.25, 0.3) is 0 Å². The van der Waals surface area contributed by atoms with Crippen molar-refractivity contribution >= 4 is 41.2 Å². The van der Waals surface area contributed by atoms with Crippen LogP contribution >= 0.6 is 11.8 Å². The maximum absolute atomic E-state index is 11.9. The number of amidine groups is 1. The summed E-state index contributed by atoms with van der Waals surface area (Å²) < 4.78 is 5.08. The Bertz CT molecular complexity index is 614. The second-order valence-corrected chi connectivity index (χ2v) is 5.25. The minimum absolute atomic E-state index is 0.118. The Labute approximate surface area is 133 Å². The van der Waals surface area contributed by atoms with Crippen LogP contribution in [0.15, 0.2) is 23.2 Å². The minimum Gasteiger partial charge on any atom is -0.459 e. The van der Waals surface area contributed by atoms with Crippen molar-refractivity contribution in [2.45, 2.75) is 20.0 Å². The number of benzene rings is 1. The quantitative estimate of drug-likeness (QED) is 0.183. The van der Waals surface area contributed by atoms with E-state index in [2.05, 4.69) is 10.3 Å². The maximum Gasteiger partial charge on any atom is 0.490 e. The highest BCUT2D eigenvalue weighted by atomic mass is 32.2. The van der Waals surface area contributed by atoms with E-state index in [4.69, 9.17) is 10.00 Å². The van der Waals surface area contributed by atoms with Crippen molar-refractivity contribution in [3.05, 3.63) is 23.8 Å². The molecule has 0 bridgehead atoms. The first-order valence-electron chi connectivity index (χ1n) is 6.37. The molecule has 116 valence electrons. The van der Waals surface area contributed by atoms with Crippen molar-refractivity contribution in [1.29, 1.82) is 5.26 Å². The molecule has 0 aliphatic heterocycles. The Hall–Kier alpha value is -2.02. The number of hydrogen-bond acceptors (Lipinski definition) is 7. The number of thioether (sulfide) groups is 1. The Balaban J connectivity index is 3.27. The molecule has 1 aromatic rings. The average Bonchev–Trinajstić information content (AvgIpc) is 2.45. The fourth-order valence-corrected chi connectivity index (χ4v) is 1.89. The molecule has 0 aliphatic rings. The molecule has 0 fully saturated rings. The van der Waals surface area contributed by atoms with E-state index in [1.165, 1.54) is 30.0 Å². The number of nitriles is 1. The van der Waals surface area contributed by atoms with Gasteiger partial charge in [0, 0.05) is 5.46 Å². The highest BCUT2D eigenvalue weighted by molar-refractivity contribution is 8.13. The van der Waals surface area contributed by atoms with Crippen molar-refractivity contribution in [1.82, 2.24) is 5.32 Å². The number of rotatable bonds is 4. The minimum atomic E-state index is -1.75. The van der Waals surface area contributed by atoms with Gasteiger partial charge in [-0.3, -0.25) is 5.32 Å². The van der Waals surface area contributed by atoms with Gasteiger partial charge < -0.3 is 14.8 Å². The first-order valence-corrected chi connectivity index (χ1v) is 7.60. The van der Waals surface area contributed by atoms with Crippen LogP contribution < -0.4 is 10.8 Å². The van der Waals surface area contributed by atoms with Crippen LogP contribution in [0.5, 0.6) is 0 Å². The van der Waals surface area contributed by atoms with Crippen LogP contribution in [0, 0.1) is 11.5 Å². The summed E-state index contributed by atoms with van der Waals surface area (Å²) >= 11 is 1.17. The molecule has 7 nitrogen and oxygen atoms in total. The maximum atomic E-state index is 11.9. The Morgan fingerprint density at radius 3 is 2.68 bits per heavy atom. The second-order valence-electron chi connectivity index (χ2n) is 4.46. The van der Waals surface area contributed by atoms with E-state index in [1.54, 1.807) is 26.3 Å². The zero-order valence-electron chi connectivity index (χ0n) is 12.4. The molecule has 0 amide bonds. The predicted molar refractivity (Wildman–Crippen MR) is 86.2 cm³/mol. The zero-order chi connectivity index (χ0) is 16.7. The number of carbonyl (C=O) groups excluding carboxylic acids is 1. The van der Waals surface area contributed by atoms with Gasteiger partial charge in [0.05, 0.1) is 17.4 Å². The number of ether oxygens (including phenoxy) is 1. The summed E-state index contributed by atoms with van der Waals surface area (Å²) in [7, 11) is -1.75. The third kappa shape index (κ3) is 5.07. The van der Waals surface area contributed by atoms with E-state index in [9.17, 15) is 14.8 Å². The van der Waals surface area contributed by atoms with Gasteiger partial charge in [0.15, 0.2) is 11.4 Å². The van der Waals surface area contributed by atoms with Gasteiger partial charge in [0.2, 0.25) is 0 Å². The molecule has 0 aromatic heterocycles. The molecule has 0 spiro atoms. The topological polar surface area (TPSA) is 115 Å². The lowest BCUT2D eigenvalue weighted by atomic mass is 9.78. The van der Waals surface area contributed by atoms with Crippen molar-refractivity contribution in [3.63, 3.8) is 0 Å². The van der Waals surface area contributed by atoms with Crippen molar-refractivity contribution in [2.75, 3.05) is 6.26 Å². The van der Waals surface area contributed by atoms with Crippen molar-refractivity contribution < 1.29 is 19.6 Å². The first kappa shape index (κ1) is 18.0. The standard InChI is InChI=1S/C13H16BN3O4S/c1-8(2)21-12(18)9-4-5-10(14(19)20)11(6-9)17-13(22-3)16-7-15/h4-6,8,19-20H,1-3H3,(H,16,17). The number of nitrogens with zero attached hydrogens (tertiary/aromatic N) is 2. The molecular weight excluding hydrogens is 305 g/mol. The number of hydrogen-bond donors (Lipinski definition) is 3. The molecular formula is C13H16BN3O4S. The third-order valence-electron chi connectivity index (χ3n) is 2.47. The average molecular weight is 321 g/mol. The van der Waals surface area contributed by atoms with Gasteiger partial charge in [-0.05, 0) is 32.2 Å². The molecule has 1 aromatic carbocycles. The van der Waals surface area contributed by atoms with Gasteiger partial charge in [-0.25, -0.2) is 9.79 Å². The molecule has 1 rings (SSSR count). The highest BCUT2D eigenvalue weighted by Crippen LogP contribution is 2.16. The van der Waals surface area contributed by atoms with Gasteiger partial charge in [0.25, 0.3) is 0 Å². The second kappa shape index (κ2) is 8.43. The Morgan fingerprint density at radius 1 is 1.50 bits per heavy atom. The number of aliphatic imine (C=N–C) groups is 1. The molecule has 0 saturated heterocycles. The Kier molecular flexibility index (Phi) is 6.91. The van der Waals surface area contributed by atoms with Gasteiger partial charge in [-0.1, -0.05) is 17.8 Å². The summed E-state index contributed by atoms with van der Waals surface area (Å²) in [5, 5.41) is 30.0. The molecule has 3 N–H and O–H groups in total. The van der Waals surface area contributed by atoms with Crippen molar-refractivity contribution in [2.24, 2.45) is 4.99 Å². The summed E-state index contributed by atoms with van der Waals surface area (Å²) in [6.45, 7) is 3.46. The normalized spacial score (nSPS) is 11.0. The monoisotopic (exact) mass is 321 g/mol. The van der Waals surface area contributed by atoms with Gasteiger partial charge in [-0.15, -0.1) is 0 Å². The smallest absolute Gasteiger partial charge is 0.459 e. The van der Waals surface area contributed by atoms with Gasteiger partial charge in [0.1, 0.15) is 0 Å².